The predicted molar refractivity (Wildman–Crippen MR) is 163 cm³/mol. The Balaban J connectivity index is 0.00000423. The molecule has 3 aromatic rings. The molecule has 1 radical (unpaired) electrons. The minimum absolute atomic E-state index is 0. The quantitative estimate of drug-likeness (QED) is 0.283. The first kappa shape index (κ1) is 31.5. The standard InChI is InChI=1S/C34H34N4O4.Mn/c1-7-21-17(3)25-13-26-19(5)23(9-11-33(39)40)31(37-26)16-32-24(10-12-34(41)42)20(6)28(38-32)15-30-22(8-2)18(4)27(36-30)14-29(21)35-25;/h7-8,13-16H,1-2,9-12H2,3-6H3,(H4,35,36,37,38,39,40,41,42);/q-4;+2/p-2. The molecule has 0 aromatic carbocycles. The molecule has 8 nitrogen and oxygen atoms in total. The van der Waals surface area contributed by atoms with Gasteiger partial charge in [-0.1, -0.05) is 25.0 Å². The summed E-state index contributed by atoms with van der Waals surface area (Å²) < 4.78 is 0. The van der Waals surface area contributed by atoms with Crippen LogP contribution in [0.25, 0.3) is 29.6 Å². The molecule has 5 heterocycles. The van der Waals surface area contributed by atoms with E-state index < -0.39 is 11.9 Å². The molecule has 0 saturated heterocycles. The van der Waals surface area contributed by atoms with Gasteiger partial charge in [0.15, 0.2) is 0 Å². The summed E-state index contributed by atoms with van der Waals surface area (Å²) in [6.07, 6.45) is 11.7. The molecule has 2 N–H and O–H groups in total. The van der Waals surface area contributed by atoms with Crippen LogP contribution >= 0.6 is 0 Å². The van der Waals surface area contributed by atoms with Crippen molar-refractivity contribution in [1.29, 1.82) is 0 Å². The zero-order valence-electron chi connectivity index (χ0n) is 24.6. The second kappa shape index (κ2) is 12.4. The molecule has 0 aliphatic carbocycles. The van der Waals surface area contributed by atoms with Gasteiger partial charge in [-0.2, -0.15) is 42.1 Å². The van der Waals surface area contributed by atoms with Crippen molar-refractivity contribution in [2.24, 2.45) is 0 Å². The number of carbonyl (C=O) groups is 2. The minimum Gasteiger partial charge on any atom is -0.738 e. The molecule has 0 atom stereocenters. The van der Waals surface area contributed by atoms with E-state index in [1.165, 1.54) is 0 Å². The summed E-state index contributed by atoms with van der Waals surface area (Å²) in [5, 5.41) is 25.1. The van der Waals surface area contributed by atoms with E-state index in [1.54, 1.807) is 12.2 Å². The first-order valence-corrected chi connectivity index (χ1v) is 13.8. The van der Waals surface area contributed by atoms with Crippen LogP contribution in [0.3, 0.4) is 0 Å². The number of carboxylic acids is 2. The number of hydrogen-bond donors (Lipinski definition) is 2. The Morgan fingerprint density at radius 2 is 1.65 bits per heavy atom. The largest absolute Gasteiger partial charge is 2.00 e. The zero-order valence-corrected chi connectivity index (χ0v) is 25.8. The monoisotopic (exact) mass is 615 g/mol. The van der Waals surface area contributed by atoms with Crippen LogP contribution in [0.4, 0.5) is 0 Å². The summed E-state index contributed by atoms with van der Waals surface area (Å²) in [5.74, 6) is -0.912. The summed E-state index contributed by atoms with van der Waals surface area (Å²) >= 11 is 0. The number of allylic oxidation sites excluding steroid dienone is 2. The van der Waals surface area contributed by atoms with Gasteiger partial charge in [0.1, 0.15) is 0 Å². The number of hydrogen-bond acceptors (Lipinski definition) is 4. The average molecular weight is 616 g/mol. The molecule has 43 heavy (non-hydrogen) atoms. The van der Waals surface area contributed by atoms with Crippen molar-refractivity contribution >= 4 is 36.2 Å². The van der Waals surface area contributed by atoms with Gasteiger partial charge in [-0.15, -0.1) is 47.3 Å². The molecule has 2 aliphatic heterocycles. The van der Waals surface area contributed by atoms with Gasteiger partial charge in [0.05, 0.1) is 0 Å². The Kier molecular flexibility index (Phi) is 9.09. The second-order valence-corrected chi connectivity index (χ2v) is 10.6. The summed E-state index contributed by atoms with van der Waals surface area (Å²) in [5.41, 5.74) is 10.4. The SMILES string of the molecule is C=Cc1c2nc([c-]1C)C=c1[n-]c(c(CCC(=O)O)c1C)=Cc1nc([c-](C)c1CCC(=O)O)C=C1[N-]C(=C(C)[C-]1C=C)[CH-]2.[Mn+2]. The van der Waals surface area contributed by atoms with Gasteiger partial charge in [-0.25, -0.2) is 23.3 Å². The molecule has 5 rings (SSSR count). The molecule has 223 valence electrons. The van der Waals surface area contributed by atoms with Crippen molar-refractivity contribution in [2.75, 3.05) is 0 Å². The van der Waals surface area contributed by atoms with E-state index in [4.69, 9.17) is 20.3 Å². The molecule has 2 aliphatic rings. The Hall–Kier alpha value is -4.46. The second-order valence-electron chi connectivity index (χ2n) is 10.6. The molecular formula is C34H32MnN4O4-4. The van der Waals surface area contributed by atoms with Crippen molar-refractivity contribution in [1.82, 2.24) is 15.0 Å². The van der Waals surface area contributed by atoms with E-state index >= 15 is 0 Å². The molecule has 0 unspecified atom stereocenters. The first-order chi connectivity index (χ1) is 20.0. The van der Waals surface area contributed by atoms with Crippen molar-refractivity contribution in [2.45, 2.75) is 53.4 Å². The Morgan fingerprint density at radius 3 is 2.30 bits per heavy atom. The number of aliphatic carboxylic acids is 2. The summed E-state index contributed by atoms with van der Waals surface area (Å²) in [6, 6.07) is 0. The van der Waals surface area contributed by atoms with Crippen LogP contribution < -0.4 is 15.7 Å². The minimum atomic E-state index is -0.898. The normalized spacial score (nSPS) is 13.7. The fourth-order valence-corrected chi connectivity index (χ4v) is 5.61. The number of rotatable bonds is 8. The molecule has 0 saturated carbocycles. The summed E-state index contributed by atoms with van der Waals surface area (Å²) in [6.45, 7) is 15.9. The maximum Gasteiger partial charge on any atom is 2.00 e. The van der Waals surface area contributed by atoms with Crippen LogP contribution in [0.2, 0.25) is 0 Å². The fraction of sp³-hybridized carbons (Fsp3) is 0.235. The number of nitrogens with zero attached hydrogens (tertiary/aromatic N) is 4. The van der Waals surface area contributed by atoms with Crippen LogP contribution in [-0.4, -0.2) is 32.1 Å². The third kappa shape index (κ3) is 5.91. The third-order valence-electron chi connectivity index (χ3n) is 8.06. The third-order valence-corrected chi connectivity index (χ3v) is 8.06. The molecular weight excluding hydrogens is 583 g/mol. The van der Waals surface area contributed by atoms with E-state index in [9.17, 15) is 19.8 Å². The summed E-state index contributed by atoms with van der Waals surface area (Å²) in [7, 11) is 0. The number of aromatic nitrogens is 3. The van der Waals surface area contributed by atoms with Gasteiger partial charge in [0, 0.05) is 12.8 Å². The van der Waals surface area contributed by atoms with Crippen molar-refractivity contribution in [3.05, 3.63) is 121 Å². The molecule has 0 spiro atoms. The van der Waals surface area contributed by atoms with Gasteiger partial charge in [0.2, 0.25) is 0 Å². The van der Waals surface area contributed by atoms with E-state index in [-0.39, 0.29) is 29.9 Å². The molecule has 9 heteroatoms. The van der Waals surface area contributed by atoms with E-state index in [1.807, 2.05) is 52.3 Å². The number of fused-ring (bicyclic) bond motifs is 8. The van der Waals surface area contributed by atoms with E-state index in [0.29, 0.717) is 40.6 Å². The summed E-state index contributed by atoms with van der Waals surface area (Å²) in [4.78, 5) is 37.8. The van der Waals surface area contributed by atoms with Crippen molar-refractivity contribution in [3.63, 3.8) is 0 Å². The van der Waals surface area contributed by atoms with Crippen LogP contribution in [0.5, 0.6) is 0 Å². The van der Waals surface area contributed by atoms with Gasteiger partial charge < -0.3 is 36.2 Å². The molecule has 0 fully saturated rings. The van der Waals surface area contributed by atoms with Crippen LogP contribution in [0, 0.1) is 33.1 Å². The van der Waals surface area contributed by atoms with Gasteiger partial charge in [0.25, 0.3) is 0 Å². The fourth-order valence-electron chi connectivity index (χ4n) is 5.61. The smallest absolute Gasteiger partial charge is 0.738 e. The zero-order chi connectivity index (χ0) is 30.3. The van der Waals surface area contributed by atoms with Crippen molar-refractivity contribution < 1.29 is 36.9 Å². The maximum atomic E-state index is 11.5. The topological polar surface area (TPSA) is 129 Å². The van der Waals surface area contributed by atoms with Gasteiger partial charge >= 0.3 is 29.0 Å². The Morgan fingerprint density at radius 1 is 0.977 bits per heavy atom. The van der Waals surface area contributed by atoms with Crippen LogP contribution in [0.1, 0.15) is 75.9 Å². The molecule has 8 bridgehead atoms. The van der Waals surface area contributed by atoms with E-state index in [0.717, 1.165) is 62.0 Å². The first-order valence-electron chi connectivity index (χ1n) is 13.8. The van der Waals surface area contributed by atoms with E-state index in [2.05, 4.69) is 13.2 Å². The maximum absolute atomic E-state index is 11.5. The average Bonchev–Trinajstić information content (AvgIpc) is 3.59. The Bertz CT molecular complexity index is 1830. The van der Waals surface area contributed by atoms with Crippen molar-refractivity contribution in [3.8, 4) is 0 Å². The Labute approximate surface area is 261 Å². The predicted octanol–water partition coefficient (Wildman–Crippen LogP) is 4.46. The molecule has 3 aromatic heterocycles. The van der Waals surface area contributed by atoms with Gasteiger partial charge in [-0.05, 0) is 36.8 Å². The van der Waals surface area contributed by atoms with Crippen LogP contribution in [0.15, 0.2) is 36.2 Å². The van der Waals surface area contributed by atoms with Gasteiger partial charge in [-0.3, -0.25) is 9.59 Å². The number of carboxylic acid groups (broad SMARTS) is 2. The van der Waals surface area contributed by atoms with Crippen LogP contribution in [-0.2, 0) is 39.5 Å². The molecule has 0 amide bonds.